The number of nitrogens with zero attached hydrogens (tertiary/aromatic N) is 1. The highest BCUT2D eigenvalue weighted by Gasteiger charge is 2.42. The maximum Gasteiger partial charge on any atom is 0.322 e. The van der Waals surface area contributed by atoms with Crippen LogP contribution in [0.2, 0.25) is 0 Å². The van der Waals surface area contributed by atoms with Gasteiger partial charge in [0.25, 0.3) is 0 Å². The van der Waals surface area contributed by atoms with Crippen LogP contribution in [-0.4, -0.2) is 53.3 Å². The molecule has 2 atom stereocenters. The third kappa shape index (κ3) is 2.93. The molecule has 0 spiro atoms. The molecule has 1 heterocycles. The Bertz CT molecular complexity index is 353. The number of carboxylic acid groups (broad SMARTS) is 1. The van der Waals surface area contributed by atoms with Gasteiger partial charge in [-0.15, -0.1) is 0 Å². The Hall–Kier alpha value is -0.660. The lowest BCUT2D eigenvalue weighted by Crippen LogP contribution is -2.41. The van der Waals surface area contributed by atoms with Crippen molar-refractivity contribution in [2.45, 2.75) is 38.3 Å². The summed E-state index contributed by atoms with van der Waals surface area (Å²) in [4.78, 5) is 10.9. The lowest BCUT2D eigenvalue weighted by Gasteiger charge is -2.20. The fourth-order valence-electron chi connectivity index (χ4n) is 1.76. The minimum Gasteiger partial charge on any atom is -0.480 e. The van der Waals surface area contributed by atoms with Crippen molar-refractivity contribution in [1.82, 2.24) is 4.31 Å². The number of hydrogen-bond donors (Lipinski definition) is 2. The number of β-amino-alcohol motifs (C(OH)–C–C–N with tert-alkyl or cyclic N) is 1. The molecule has 6 nitrogen and oxygen atoms in total. The first kappa shape index (κ1) is 13.4. The molecule has 0 aliphatic carbocycles. The maximum absolute atomic E-state index is 11.8. The number of aliphatic hydroxyl groups is 1. The van der Waals surface area contributed by atoms with Crippen molar-refractivity contribution in [3.8, 4) is 0 Å². The minimum absolute atomic E-state index is 0.0271. The average molecular weight is 251 g/mol. The van der Waals surface area contributed by atoms with Crippen molar-refractivity contribution in [3.63, 3.8) is 0 Å². The van der Waals surface area contributed by atoms with Crippen molar-refractivity contribution >= 4 is 16.0 Å². The quantitative estimate of drug-likeness (QED) is 0.695. The van der Waals surface area contributed by atoms with Crippen LogP contribution in [-0.2, 0) is 14.8 Å². The lowest BCUT2D eigenvalue weighted by molar-refractivity contribution is -0.140. The zero-order chi connectivity index (χ0) is 12.3. The molecule has 16 heavy (non-hydrogen) atoms. The molecule has 1 aliphatic rings. The molecule has 1 unspecified atom stereocenters. The van der Waals surface area contributed by atoms with Crippen molar-refractivity contribution in [1.29, 1.82) is 0 Å². The Morgan fingerprint density at radius 1 is 1.50 bits per heavy atom. The summed E-state index contributed by atoms with van der Waals surface area (Å²) in [6.45, 7) is 1.76. The van der Waals surface area contributed by atoms with Crippen LogP contribution >= 0.6 is 0 Å². The molecule has 7 heteroatoms. The van der Waals surface area contributed by atoms with Gasteiger partial charge in [-0.3, -0.25) is 4.79 Å². The topological polar surface area (TPSA) is 94.9 Å². The van der Waals surface area contributed by atoms with E-state index in [0.717, 1.165) is 10.7 Å². The average Bonchev–Trinajstić information content (AvgIpc) is 2.58. The minimum atomic E-state index is -3.56. The first-order chi connectivity index (χ1) is 7.38. The molecule has 1 rings (SSSR count). The summed E-state index contributed by atoms with van der Waals surface area (Å²) in [7, 11) is -3.56. The summed E-state index contributed by atoms with van der Waals surface area (Å²) >= 11 is 0. The molecular weight excluding hydrogens is 234 g/mol. The molecule has 0 amide bonds. The van der Waals surface area contributed by atoms with E-state index in [1.54, 1.807) is 0 Å². The summed E-state index contributed by atoms with van der Waals surface area (Å²) in [5, 5.41) is 18.2. The predicted molar refractivity (Wildman–Crippen MR) is 57.4 cm³/mol. The van der Waals surface area contributed by atoms with E-state index in [4.69, 9.17) is 5.11 Å². The standard InChI is InChI=1S/C9H17NO5S/c1-2-3-4-16(14,15)10-6-7(11)5-8(10)9(12)13/h7-8,11H,2-6H2,1H3,(H,12,13)/t7?,8-/m0/s1. The maximum atomic E-state index is 11.8. The van der Waals surface area contributed by atoms with Crippen LogP contribution in [0.5, 0.6) is 0 Å². The summed E-state index contributed by atoms with van der Waals surface area (Å²) in [6.07, 6.45) is 0.326. The van der Waals surface area contributed by atoms with E-state index in [1.807, 2.05) is 6.92 Å². The van der Waals surface area contributed by atoms with Gasteiger partial charge < -0.3 is 10.2 Å². The second-order valence-corrected chi connectivity index (χ2v) is 6.02. The van der Waals surface area contributed by atoms with E-state index >= 15 is 0 Å². The van der Waals surface area contributed by atoms with Crippen LogP contribution in [0.3, 0.4) is 0 Å². The van der Waals surface area contributed by atoms with Crippen LogP contribution in [0.1, 0.15) is 26.2 Å². The van der Waals surface area contributed by atoms with Crippen LogP contribution in [0.4, 0.5) is 0 Å². The van der Waals surface area contributed by atoms with Crippen molar-refractivity contribution in [2.75, 3.05) is 12.3 Å². The van der Waals surface area contributed by atoms with Crippen LogP contribution < -0.4 is 0 Å². The molecule has 0 aromatic heterocycles. The van der Waals surface area contributed by atoms with Gasteiger partial charge >= 0.3 is 5.97 Å². The SMILES string of the molecule is CCCCS(=O)(=O)N1CC(O)C[C@H]1C(=O)O. The second kappa shape index (κ2) is 5.11. The first-order valence-electron chi connectivity index (χ1n) is 5.29. The highest BCUT2D eigenvalue weighted by Crippen LogP contribution is 2.22. The Morgan fingerprint density at radius 2 is 2.12 bits per heavy atom. The Kier molecular flexibility index (Phi) is 4.28. The van der Waals surface area contributed by atoms with E-state index in [0.29, 0.717) is 6.42 Å². The van der Waals surface area contributed by atoms with Crippen LogP contribution in [0.25, 0.3) is 0 Å². The molecular formula is C9H17NO5S. The molecule has 0 aromatic carbocycles. The number of unbranched alkanes of at least 4 members (excludes halogenated alkanes) is 1. The summed E-state index contributed by atoms with van der Waals surface area (Å²) in [5.74, 6) is -1.25. The molecule has 2 N–H and O–H groups in total. The molecule has 0 radical (unpaired) electrons. The van der Waals surface area contributed by atoms with Gasteiger partial charge in [-0.2, -0.15) is 4.31 Å². The Balaban J connectivity index is 2.81. The second-order valence-electron chi connectivity index (χ2n) is 3.98. The molecule has 0 aromatic rings. The van der Waals surface area contributed by atoms with E-state index in [1.165, 1.54) is 0 Å². The van der Waals surface area contributed by atoms with Crippen LogP contribution in [0.15, 0.2) is 0 Å². The van der Waals surface area contributed by atoms with E-state index < -0.39 is 28.1 Å². The van der Waals surface area contributed by atoms with Gasteiger partial charge in [0.2, 0.25) is 10.0 Å². The van der Waals surface area contributed by atoms with Gasteiger partial charge in [-0.1, -0.05) is 13.3 Å². The van der Waals surface area contributed by atoms with Gasteiger partial charge in [-0.05, 0) is 6.42 Å². The number of aliphatic carboxylic acids is 1. The first-order valence-corrected chi connectivity index (χ1v) is 6.89. The molecule has 0 saturated carbocycles. The lowest BCUT2D eigenvalue weighted by atomic mass is 10.2. The molecule has 1 fully saturated rings. The third-order valence-corrected chi connectivity index (χ3v) is 4.55. The smallest absolute Gasteiger partial charge is 0.322 e. The largest absolute Gasteiger partial charge is 0.480 e. The summed E-state index contributed by atoms with van der Waals surface area (Å²) in [6, 6.07) is -1.11. The monoisotopic (exact) mass is 251 g/mol. The van der Waals surface area contributed by atoms with Crippen molar-refractivity contribution in [2.24, 2.45) is 0 Å². The normalized spacial score (nSPS) is 27.1. The van der Waals surface area contributed by atoms with Gasteiger partial charge in [0.05, 0.1) is 11.9 Å². The summed E-state index contributed by atoms with van der Waals surface area (Å²) < 4.78 is 24.5. The zero-order valence-electron chi connectivity index (χ0n) is 9.16. The molecule has 94 valence electrons. The molecule has 0 bridgehead atoms. The van der Waals surface area contributed by atoms with Gasteiger partial charge in [0.15, 0.2) is 0 Å². The number of rotatable bonds is 5. The fourth-order valence-corrected chi connectivity index (χ4v) is 3.61. The van der Waals surface area contributed by atoms with Crippen LogP contribution in [0, 0.1) is 0 Å². The highest BCUT2D eigenvalue weighted by molar-refractivity contribution is 7.89. The number of carboxylic acids is 1. The van der Waals surface area contributed by atoms with E-state index in [2.05, 4.69) is 0 Å². The Labute approximate surface area is 94.9 Å². The number of sulfonamides is 1. The Morgan fingerprint density at radius 3 is 2.62 bits per heavy atom. The number of carbonyl (C=O) groups is 1. The van der Waals surface area contributed by atoms with Crippen molar-refractivity contribution < 1.29 is 23.4 Å². The van der Waals surface area contributed by atoms with Gasteiger partial charge in [0, 0.05) is 13.0 Å². The van der Waals surface area contributed by atoms with Gasteiger partial charge in [0.1, 0.15) is 6.04 Å². The molecule has 1 aliphatic heterocycles. The fraction of sp³-hybridized carbons (Fsp3) is 0.889. The van der Waals surface area contributed by atoms with Gasteiger partial charge in [-0.25, -0.2) is 8.42 Å². The number of aliphatic hydroxyl groups excluding tert-OH is 1. The van der Waals surface area contributed by atoms with E-state index in [9.17, 15) is 18.3 Å². The highest BCUT2D eigenvalue weighted by atomic mass is 32.2. The van der Waals surface area contributed by atoms with Crippen molar-refractivity contribution in [3.05, 3.63) is 0 Å². The van der Waals surface area contributed by atoms with E-state index in [-0.39, 0.29) is 18.7 Å². The molecule has 1 saturated heterocycles. The number of hydrogen-bond acceptors (Lipinski definition) is 4. The zero-order valence-corrected chi connectivity index (χ0v) is 9.98. The predicted octanol–water partition coefficient (Wildman–Crippen LogP) is -0.364. The summed E-state index contributed by atoms with van der Waals surface area (Å²) in [5.41, 5.74) is 0. The third-order valence-electron chi connectivity index (χ3n) is 2.63.